The van der Waals surface area contributed by atoms with E-state index in [0.29, 0.717) is 15.9 Å². The van der Waals surface area contributed by atoms with Gasteiger partial charge in [0, 0.05) is 12.2 Å². The maximum atomic E-state index is 13.3. The number of halogens is 4. The maximum Gasteiger partial charge on any atom is 0.436 e. The Hall–Kier alpha value is -1.99. The van der Waals surface area contributed by atoms with Gasteiger partial charge in [-0.15, -0.1) is 0 Å². The van der Waals surface area contributed by atoms with E-state index < -0.39 is 33.7 Å². The Bertz CT molecular complexity index is 1300. The molecule has 13 heteroatoms. The standard InChI is InChI=1S/C18H16BrF3N4O3S2/c1-8(26-14(9-3-4-9)13(19)15(25-26)18(20,21)22)16(27)24-17-23-11-6-5-10(31(2,28)29)7-12(11)30-17/h5-9H,3-4H2,1-2H3,(H,23,24,27)/t8-/m1/s1. The number of rotatable bonds is 5. The van der Waals surface area contributed by atoms with Gasteiger partial charge in [0.1, 0.15) is 6.04 Å². The number of amides is 1. The number of anilines is 1. The molecule has 3 aromatic rings. The van der Waals surface area contributed by atoms with E-state index in [4.69, 9.17) is 0 Å². The first-order valence-electron chi connectivity index (χ1n) is 9.13. The summed E-state index contributed by atoms with van der Waals surface area (Å²) in [7, 11) is -3.39. The molecule has 2 heterocycles. The molecule has 1 amide bonds. The second-order valence-corrected chi connectivity index (χ2v) is 11.2. The molecule has 0 radical (unpaired) electrons. The molecule has 0 unspecified atom stereocenters. The number of carbonyl (C=O) groups is 1. The number of alkyl halides is 3. The topological polar surface area (TPSA) is 94.0 Å². The summed E-state index contributed by atoms with van der Waals surface area (Å²) in [6, 6.07) is 3.41. The second kappa shape index (κ2) is 7.55. The second-order valence-electron chi connectivity index (χ2n) is 7.35. The van der Waals surface area contributed by atoms with Gasteiger partial charge in [-0.2, -0.15) is 18.3 Å². The molecule has 4 rings (SSSR count). The molecule has 2 aromatic heterocycles. The van der Waals surface area contributed by atoms with Gasteiger partial charge in [0.25, 0.3) is 5.91 Å². The largest absolute Gasteiger partial charge is 0.436 e. The zero-order valence-corrected chi connectivity index (χ0v) is 19.4. The van der Waals surface area contributed by atoms with Crippen molar-refractivity contribution in [3.63, 3.8) is 0 Å². The molecule has 0 saturated heterocycles. The van der Waals surface area contributed by atoms with Crippen LogP contribution in [0.5, 0.6) is 0 Å². The van der Waals surface area contributed by atoms with E-state index >= 15 is 0 Å². The third-order valence-electron chi connectivity index (χ3n) is 4.88. The minimum Gasteiger partial charge on any atom is -0.300 e. The van der Waals surface area contributed by atoms with Crippen LogP contribution in [0, 0.1) is 0 Å². The quantitative estimate of drug-likeness (QED) is 0.507. The van der Waals surface area contributed by atoms with E-state index in [2.05, 4.69) is 31.3 Å². The molecule has 1 N–H and O–H groups in total. The van der Waals surface area contributed by atoms with Crippen molar-refractivity contribution in [2.24, 2.45) is 0 Å². The van der Waals surface area contributed by atoms with E-state index in [1.54, 1.807) is 0 Å². The molecule has 1 aliphatic rings. The van der Waals surface area contributed by atoms with Crippen LogP contribution in [0.15, 0.2) is 27.6 Å². The van der Waals surface area contributed by atoms with E-state index in [-0.39, 0.29) is 20.4 Å². The smallest absolute Gasteiger partial charge is 0.300 e. The van der Waals surface area contributed by atoms with Gasteiger partial charge >= 0.3 is 6.18 Å². The van der Waals surface area contributed by atoms with Crippen LogP contribution in [-0.2, 0) is 20.8 Å². The van der Waals surface area contributed by atoms with Gasteiger partial charge in [0.2, 0.25) is 0 Å². The number of hydrogen-bond acceptors (Lipinski definition) is 6. The van der Waals surface area contributed by atoms with Crippen LogP contribution in [-0.4, -0.2) is 35.3 Å². The summed E-state index contributed by atoms with van der Waals surface area (Å²) in [5, 5.41) is 6.51. The Morgan fingerprint density at radius 1 is 1.35 bits per heavy atom. The molecule has 166 valence electrons. The van der Waals surface area contributed by atoms with Crippen LogP contribution in [0.4, 0.5) is 18.3 Å². The number of benzene rings is 1. The lowest BCUT2D eigenvalue weighted by molar-refractivity contribution is -0.142. The number of nitrogens with one attached hydrogen (secondary N) is 1. The van der Waals surface area contributed by atoms with E-state index in [9.17, 15) is 26.4 Å². The Morgan fingerprint density at radius 3 is 2.61 bits per heavy atom. The first-order chi connectivity index (χ1) is 14.4. The van der Waals surface area contributed by atoms with Gasteiger partial charge in [-0.25, -0.2) is 13.4 Å². The van der Waals surface area contributed by atoms with Crippen LogP contribution in [0.25, 0.3) is 10.2 Å². The molecule has 1 atom stereocenters. The molecule has 1 fully saturated rings. The molecule has 7 nitrogen and oxygen atoms in total. The Labute approximate surface area is 187 Å². The van der Waals surface area contributed by atoms with E-state index in [1.165, 1.54) is 25.1 Å². The molecule has 0 bridgehead atoms. The van der Waals surface area contributed by atoms with Crippen LogP contribution in [0.3, 0.4) is 0 Å². The fourth-order valence-corrected chi connectivity index (χ4v) is 5.58. The Kier molecular flexibility index (Phi) is 5.41. The minimum atomic E-state index is -4.64. The highest BCUT2D eigenvalue weighted by Gasteiger charge is 2.43. The lowest BCUT2D eigenvalue weighted by Gasteiger charge is -2.14. The number of aromatic nitrogens is 3. The summed E-state index contributed by atoms with van der Waals surface area (Å²) < 4.78 is 64.9. The highest BCUT2D eigenvalue weighted by molar-refractivity contribution is 9.10. The average molecular weight is 537 g/mol. The molecule has 0 spiro atoms. The SMILES string of the molecule is C[C@H](C(=O)Nc1nc2ccc(S(C)(=O)=O)cc2s1)n1nc(C(F)(F)F)c(Br)c1C1CC1. The van der Waals surface area contributed by atoms with Gasteiger partial charge < -0.3 is 5.32 Å². The Morgan fingerprint density at radius 2 is 2.03 bits per heavy atom. The van der Waals surface area contributed by atoms with Crippen LogP contribution in [0.2, 0.25) is 0 Å². The number of hydrogen-bond donors (Lipinski definition) is 1. The maximum absolute atomic E-state index is 13.3. The predicted molar refractivity (Wildman–Crippen MR) is 113 cm³/mol. The summed E-state index contributed by atoms with van der Waals surface area (Å²) in [6.45, 7) is 1.47. The van der Waals surface area contributed by atoms with Crippen molar-refractivity contribution in [1.29, 1.82) is 0 Å². The van der Waals surface area contributed by atoms with E-state index in [0.717, 1.165) is 35.1 Å². The number of sulfone groups is 1. The van der Waals surface area contributed by atoms with Gasteiger partial charge in [-0.05, 0) is 53.9 Å². The third-order valence-corrected chi connectivity index (χ3v) is 7.71. The molecule has 0 aliphatic heterocycles. The molecule has 1 saturated carbocycles. The molecule has 1 aromatic carbocycles. The first-order valence-corrected chi connectivity index (χ1v) is 12.6. The monoisotopic (exact) mass is 536 g/mol. The predicted octanol–water partition coefficient (Wildman–Crippen LogP) is 4.75. The molecular weight excluding hydrogens is 521 g/mol. The van der Waals surface area contributed by atoms with E-state index in [1.807, 2.05) is 0 Å². The highest BCUT2D eigenvalue weighted by atomic mass is 79.9. The fraction of sp³-hybridized carbons (Fsp3) is 0.389. The normalized spacial score (nSPS) is 15.9. The first kappa shape index (κ1) is 22.2. The van der Waals surface area contributed by atoms with Crippen molar-refractivity contribution in [3.8, 4) is 0 Å². The summed E-state index contributed by atoms with van der Waals surface area (Å²) in [5.74, 6) is -0.655. The highest BCUT2D eigenvalue weighted by Crippen LogP contribution is 2.47. The zero-order valence-electron chi connectivity index (χ0n) is 16.2. The molecular formula is C18H16BrF3N4O3S2. The van der Waals surface area contributed by atoms with Crippen molar-refractivity contribution in [3.05, 3.63) is 34.1 Å². The fourth-order valence-electron chi connectivity index (χ4n) is 3.14. The molecule has 31 heavy (non-hydrogen) atoms. The Balaban J connectivity index is 1.62. The zero-order chi connectivity index (χ0) is 22.7. The summed E-state index contributed by atoms with van der Waals surface area (Å²) in [4.78, 5) is 17.2. The minimum absolute atomic E-state index is 0.0786. The van der Waals surface area contributed by atoms with Gasteiger partial charge in [-0.1, -0.05) is 11.3 Å². The summed E-state index contributed by atoms with van der Waals surface area (Å²) >= 11 is 4.09. The third kappa shape index (κ3) is 4.35. The lowest BCUT2D eigenvalue weighted by atomic mass is 10.2. The van der Waals surface area contributed by atoms with Crippen molar-refractivity contribution >= 4 is 58.4 Å². The number of thiazole rings is 1. The van der Waals surface area contributed by atoms with Crippen LogP contribution >= 0.6 is 27.3 Å². The molecule has 1 aliphatic carbocycles. The summed E-state index contributed by atoms with van der Waals surface area (Å²) in [5.41, 5.74) is -0.195. The van der Waals surface area contributed by atoms with Crippen molar-refractivity contribution in [2.75, 3.05) is 11.6 Å². The number of carbonyl (C=O) groups excluding carboxylic acids is 1. The van der Waals surface area contributed by atoms with Gasteiger partial charge in [0.05, 0.1) is 25.3 Å². The van der Waals surface area contributed by atoms with Crippen LogP contribution in [0.1, 0.15) is 43.1 Å². The van der Waals surface area contributed by atoms with Gasteiger partial charge in [0.15, 0.2) is 20.7 Å². The number of nitrogens with zero attached hydrogens (tertiary/aromatic N) is 3. The number of fused-ring (bicyclic) bond motifs is 1. The summed E-state index contributed by atoms with van der Waals surface area (Å²) in [6.07, 6.45) is -2.09. The average Bonchev–Trinajstić information content (AvgIpc) is 3.30. The lowest BCUT2D eigenvalue weighted by Crippen LogP contribution is -2.26. The van der Waals surface area contributed by atoms with Crippen molar-refractivity contribution in [1.82, 2.24) is 14.8 Å². The van der Waals surface area contributed by atoms with Crippen molar-refractivity contribution < 1.29 is 26.4 Å². The van der Waals surface area contributed by atoms with Crippen molar-refractivity contribution in [2.45, 2.75) is 42.8 Å². The van der Waals surface area contributed by atoms with Crippen LogP contribution < -0.4 is 5.32 Å². The van der Waals surface area contributed by atoms with Gasteiger partial charge in [-0.3, -0.25) is 9.48 Å².